The Morgan fingerprint density at radius 2 is 1.71 bits per heavy atom. The van der Waals surface area contributed by atoms with Crippen LogP contribution in [0.5, 0.6) is 0 Å². The van der Waals surface area contributed by atoms with Crippen molar-refractivity contribution < 1.29 is 0 Å². The molecule has 0 aromatic carbocycles. The summed E-state index contributed by atoms with van der Waals surface area (Å²) < 4.78 is 3.98. The number of aromatic nitrogens is 4. The lowest BCUT2D eigenvalue weighted by molar-refractivity contribution is 0.566. The van der Waals surface area contributed by atoms with E-state index >= 15 is 0 Å². The highest BCUT2D eigenvalue weighted by Crippen LogP contribution is 2.22. The zero-order valence-electron chi connectivity index (χ0n) is 13.5. The summed E-state index contributed by atoms with van der Waals surface area (Å²) in [5.41, 5.74) is 5.43. The fraction of sp³-hybridized carbons (Fsp3) is 0.600. The predicted octanol–water partition coefficient (Wildman–Crippen LogP) is 2.84. The minimum atomic E-state index is 0.659. The lowest BCUT2D eigenvalue weighted by Gasteiger charge is -2.08. The number of nitrogens with one attached hydrogen (secondary N) is 1. The van der Waals surface area contributed by atoms with E-state index in [0.29, 0.717) is 6.54 Å². The second-order valence-corrected chi connectivity index (χ2v) is 5.63. The molecule has 2 aromatic rings. The molecule has 0 saturated carbocycles. The number of rotatable bonds is 6. The van der Waals surface area contributed by atoms with Gasteiger partial charge >= 0.3 is 0 Å². The molecule has 0 saturated heterocycles. The number of halogens is 1. The van der Waals surface area contributed by atoms with Gasteiger partial charge in [0, 0.05) is 24.3 Å². The van der Waals surface area contributed by atoms with Crippen molar-refractivity contribution in [1.29, 1.82) is 0 Å². The first-order chi connectivity index (χ1) is 9.99. The first kappa shape index (κ1) is 16.0. The van der Waals surface area contributed by atoms with Gasteiger partial charge in [-0.05, 0) is 34.2 Å². The van der Waals surface area contributed by atoms with Crippen LogP contribution in [-0.4, -0.2) is 26.1 Å². The van der Waals surface area contributed by atoms with Crippen LogP contribution in [0, 0.1) is 20.8 Å². The Morgan fingerprint density at radius 1 is 1.05 bits per heavy atom. The predicted molar refractivity (Wildman–Crippen MR) is 85.8 cm³/mol. The Bertz CT molecular complexity index is 627. The first-order valence-electron chi connectivity index (χ1n) is 7.44. The maximum atomic E-state index is 6.39. The maximum absolute atomic E-state index is 6.39. The van der Waals surface area contributed by atoms with Crippen molar-refractivity contribution in [3.63, 3.8) is 0 Å². The highest BCUT2D eigenvalue weighted by Gasteiger charge is 2.16. The van der Waals surface area contributed by atoms with Gasteiger partial charge in [-0.15, -0.1) is 0 Å². The Balaban J connectivity index is 2.32. The Labute approximate surface area is 131 Å². The van der Waals surface area contributed by atoms with Crippen molar-refractivity contribution in [3.05, 3.63) is 33.4 Å². The van der Waals surface area contributed by atoms with Crippen molar-refractivity contribution in [1.82, 2.24) is 24.9 Å². The minimum Gasteiger partial charge on any atom is -0.313 e. The van der Waals surface area contributed by atoms with Crippen LogP contribution < -0.4 is 5.32 Å². The summed E-state index contributed by atoms with van der Waals surface area (Å²) in [7, 11) is 0. The molecule has 0 aliphatic heterocycles. The molecule has 2 heterocycles. The summed E-state index contributed by atoms with van der Waals surface area (Å²) in [6, 6.07) is 0. The van der Waals surface area contributed by atoms with Gasteiger partial charge in [0.2, 0.25) is 0 Å². The van der Waals surface area contributed by atoms with Gasteiger partial charge in [-0.3, -0.25) is 9.36 Å². The third kappa shape index (κ3) is 3.14. The molecule has 0 aliphatic rings. The van der Waals surface area contributed by atoms with Crippen molar-refractivity contribution in [2.45, 2.75) is 54.3 Å². The molecule has 0 bridgehead atoms. The number of hydrogen-bond donors (Lipinski definition) is 1. The third-order valence-electron chi connectivity index (χ3n) is 3.84. The average molecular weight is 310 g/mol. The van der Waals surface area contributed by atoms with Crippen LogP contribution in [0.2, 0.25) is 5.02 Å². The van der Waals surface area contributed by atoms with Crippen LogP contribution in [0.25, 0.3) is 0 Å². The van der Waals surface area contributed by atoms with Crippen LogP contribution in [-0.2, 0) is 19.6 Å². The summed E-state index contributed by atoms with van der Waals surface area (Å²) in [5.74, 6) is 0. The van der Waals surface area contributed by atoms with Crippen molar-refractivity contribution in [2.24, 2.45) is 0 Å². The first-order valence-corrected chi connectivity index (χ1v) is 7.82. The Kier molecular flexibility index (Phi) is 5.06. The summed E-state index contributed by atoms with van der Waals surface area (Å²) >= 11 is 6.39. The van der Waals surface area contributed by atoms with E-state index in [1.54, 1.807) is 0 Å². The highest BCUT2D eigenvalue weighted by molar-refractivity contribution is 6.31. The van der Waals surface area contributed by atoms with Gasteiger partial charge in [-0.25, -0.2) is 0 Å². The fourth-order valence-electron chi connectivity index (χ4n) is 2.56. The highest BCUT2D eigenvalue weighted by atomic mass is 35.5. The fourth-order valence-corrected chi connectivity index (χ4v) is 2.75. The van der Waals surface area contributed by atoms with Crippen molar-refractivity contribution in [3.8, 4) is 0 Å². The number of aryl methyl sites for hydroxylation is 3. The van der Waals surface area contributed by atoms with Crippen molar-refractivity contribution >= 4 is 11.6 Å². The Morgan fingerprint density at radius 3 is 2.33 bits per heavy atom. The second kappa shape index (κ2) is 6.62. The second-order valence-electron chi connectivity index (χ2n) is 5.25. The van der Waals surface area contributed by atoms with Crippen LogP contribution in [0.15, 0.2) is 0 Å². The molecular formula is C15H24ClN5. The molecule has 0 radical (unpaired) electrons. The quantitative estimate of drug-likeness (QED) is 0.892. The molecule has 0 unspecified atom stereocenters. The summed E-state index contributed by atoms with van der Waals surface area (Å²) in [5, 5.41) is 13.2. The van der Waals surface area contributed by atoms with E-state index in [1.165, 1.54) is 11.3 Å². The molecule has 2 rings (SSSR count). The van der Waals surface area contributed by atoms with E-state index in [4.69, 9.17) is 11.6 Å². The SMILES string of the molecule is CCNCc1c(C)nn(Cc2c(Cl)c(C)nn2CC)c1C. The molecule has 21 heavy (non-hydrogen) atoms. The molecule has 0 aliphatic carbocycles. The van der Waals surface area contributed by atoms with Gasteiger partial charge in [-0.1, -0.05) is 18.5 Å². The van der Waals surface area contributed by atoms with Gasteiger partial charge in [0.15, 0.2) is 0 Å². The molecule has 1 N–H and O–H groups in total. The van der Waals surface area contributed by atoms with E-state index in [9.17, 15) is 0 Å². The largest absolute Gasteiger partial charge is 0.313 e. The lowest BCUT2D eigenvalue weighted by Crippen LogP contribution is -2.14. The summed E-state index contributed by atoms with van der Waals surface area (Å²) in [4.78, 5) is 0. The van der Waals surface area contributed by atoms with Gasteiger partial charge in [0.1, 0.15) is 0 Å². The monoisotopic (exact) mass is 309 g/mol. The molecule has 0 amide bonds. The molecule has 5 nitrogen and oxygen atoms in total. The molecular weight excluding hydrogens is 286 g/mol. The van der Waals surface area contributed by atoms with E-state index in [0.717, 1.165) is 41.7 Å². The molecule has 0 fully saturated rings. The summed E-state index contributed by atoms with van der Waals surface area (Å²) in [6.45, 7) is 13.6. The molecule has 2 aromatic heterocycles. The minimum absolute atomic E-state index is 0.659. The zero-order chi connectivity index (χ0) is 15.6. The molecule has 6 heteroatoms. The lowest BCUT2D eigenvalue weighted by atomic mass is 10.2. The van der Waals surface area contributed by atoms with Crippen LogP contribution >= 0.6 is 11.6 Å². The number of nitrogens with zero attached hydrogens (tertiary/aromatic N) is 4. The van der Waals surface area contributed by atoms with Crippen molar-refractivity contribution in [2.75, 3.05) is 6.54 Å². The molecule has 116 valence electrons. The third-order valence-corrected chi connectivity index (χ3v) is 4.33. The molecule has 0 spiro atoms. The van der Waals surface area contributed by atoms with Crippen LogP contribution in [0.1, 0.15) is 42.2 Å². The van der Waals surface area contributed by atoms with Gasteiger partial charge in [0.05, 0.1) is 28.6 Å². The number of hydrogen-bond acceptors (Lipinski definition) is 3. The van der Waals surface area contributed by atoms with Gasteiger partial charge < -0.3 is 5.32 Å². The van der Waals surface area contributed by atoms with E-state index in [-0.39, 0.29) is 0 Å². The average Bonchev–Trinajstić information content (AvgIpc) is 2.88. The van der Waals surface area contributed by atoms with E-state index < -0.39 is 0 Å². The smallest absolute Gasteiger partial charge is 0.0866 e. The summed E-state index contributed by atoms with van der Waals surface area (Å²) in [6.07, 6.45) is 0. The van der Waals surface area contributed by atoms with Gasteiger partial charge in [-0.2, -0.15) is 10.2 Å². The van der Waals surface area contributed by atoms with Crippen LogP contribution in [0.4, 0.5) is 0 Å². The molecule has 0 atom stereocenters. The standard InChI is InChI=1S/C15H24ClN5/c1-6-17-8-13-10(3)18-21(12(13)5)9-14-15(16)11(4)19-20(14)7-2/h17H,6-9H2,1-5H3. The van der Waals surface area contributed by atoms with Gasteiger partial charge in [0.25, 0.3) is 0 Å². The topological polar surface area (TPSA) is 47.7 Å². The van der Waals surface area contributed by atoms with Crippen LogP contribution in [0.3, 0.4) is 0 Å². The Hall–Kier alpha value is -1.33. The normalized spacial score (nSPS) is 11.3. The maximum Gasteiger partial charge on any atom is 0.0866 e. The van der Waals surface area contributed by atoms with E-state index in [1.807, 2.05) is 16.3 Å². The van der Waals surface area contributed by atoms with E-state index in [2.05, 4.69) is 43.2 Å². The zero-order valence-corrected chi connectivity index (χ0v) is 14.3.